The van der Waals surface area contributed by atoms with Crippen LogP contribution in [0.15, 0.2) is 66.7 Å². The number of carbonyl (C=O) groups excluding carboxylic acids is 1. The summed E-state index contributed by atoms with van der Waals surface area (Å²) in [6, 6.07) is 21.4. The van der Waals surface area contributed by atoms with Gasteiger partial charge < -0.3 is 19.9 Å². The van der Waals surface area contributed by atoms with Crippen LogP contribution in [0, 0.1) is 0 Å². The zero-order valence-corrected chi connectivity index (χ0v) is 15.5. The summed E-state index contributed by atoms with van der Waals surface area (Å²) in [5, 5.41) is 12.7. The molecule has 1 amide bonds. The molecule has 0 saturated heterocycles. The molecule has 5 nitrogen and oxygen atoms in total. The van der Waals surface area contributed by atoms with Gasteiger partial charge in [0.15, 0.2) is 0 Å². The average molecular weight is 375 g/mol. The van der Waals surface area contributed by atoms with Crippen molar-refractivity contribution in [3.63, 3.8) is 0 Å². The molecule has 0 unspecified atom stereocenters. The fourth-order valence-electron chi connectivity index (χ4n) is 3.64. The number of hydrogen-bond acceptors (Lipinski definition) is 4. The number of ether oxygens (including phenoxy) is 2. The fourth-order valence-corrected chi connectivity index (χ4v) is 3.64. The smallest absolute Gasteiger partial charge is 0.407 e. The van der Waals surface area contributed by atoms with E-state index < -0.39 is 6.09 Å². The van der Waals surface area contributed by atoms with Crippen molar-refractivity contribution in [1.82, 2.24) is 5.32 Å². The molecule has 0 radical (unpaired) electrons. The van der Waals surface area contributed by atoms with Gasteiger partial charge in [-0.05, 0) is 34.4 Å². The van der Waals surface area contributed by atoms with Crippen LogP contribution in [0.4, 0.5) is 4.79 Å². The summed E-state index contributed by atoms with van der Waals surface area (Å²) in [5.74, 6) is 0.647. The Bertz CT molecular complexity index is 969. The molecule has 4 rings (SSSR count). The molecule has 1 aliphatic rings. The molecule has 0 heterocycles. The molecule has 3 aromatic carbocycles. The van der Waals surface area contributed by atoms with Crippen LogP contribution >= 0.6 is 0 Å². The maximum atomic E-state index is 12.2. The third-order valence-electron chi connectivity index (χ3n) is 5.06. The van der Waals surface area contributed by atoms with Crippen molar-refractivity contribution in [1.29, 1.82) is 0 Å². The number of hydrogen-bond donors (Lipinski definition) is 2. The second-order valence-corrected chi connectivity index (χ2v) is 6.67. The van der Waals surface area contributed by atoms with E-state index in [1.54, 1.807) is 12.1 Å². The van der Waals surface area contributed by atoms with E-state index in [0.717, 1.165) is 0 Å². The monoisotopic (exact) mass is 375 g/mol. The van der Waals surface area contributed by atoms with Crippen LogP contribution in [0.2, 0.25) is 0 Å². The maximum Gasteiger partial charge on any atom is 0.407 e. The Hall–Kier alpha value is -3.47. The lowest BCUT2D eigenvalue weighted by Crippen LogP contribution is -2.25. The lowest BCUT2D eigenvalue weighted by atomic mass is 9.98. The molecule has 0 atom stereocenters. The van der Waals surface area contributed by atoms with Crippen LogP contribution in [0.5, 0.6) is 11.5 Å². The molecule has 0 fully saturated rings. The van der Waals surface area contributed by atoms with Gasteiger partial charge in [-0.25, -0.2) is 4.79 Å². The van der Waals surface area contributed by atoms with Crippen LogP contribution < -0.4 is 10.1 Å². The van der Waals surface area contributed by atoms with Gasteiger partial charge in [0.2, 0.25) is 0 Å². The lowest BCUT2D eigenvalue weighted by molar-refractivity contribution is 0.142. The van der Waals surface area contributed by atoms with Crippen molar-refractivity contribution >= 4 is 6.09 Å². The van der Waals surface area contributed by atoms with Crippen molar-refractivity contribution < 1.29 is 19.4 Å². The number of alkyl carbamates (subject to hydrolysis) is 1. The molecular formula is C23H21NO4. The van der Waals surface area contributed by atoms with Gasteiger partial charge in [0.25, 0.3) is 0 Å². The molecule has 0 bridgehead atoms. The predicted octanol–water partition coefficient (Wildman–Crippen LogP) is 4.44. The summed E-state index contributed by atoms with van der Waals surface area (Å²) in [4.78, 5) is 12.2. The zero-order valence-electron chi connectivity index (χ0n) is 15.5. The lowest BCUT2D eigenvalue weighted by Gasteiger charge is -2.15. The van der Waals surface area contributed by atoms with Crippen LogP contribution in [0.1, 0.15) is 22.6 Å². The molecule has 5 heteroatoms. The Kier molecular flexibility index (Phi) is 4.89. The second kappa shape index (κ2) is 7.64. The van der Waals surface area contributed by atoms with Crippen molar-refractivity contribution in [3.05, 3.63) is 83.4 Å². The van der Waals surface area contributed by atoms with Crippen LogP contribution in [-0.4, -0.2) is 24.9 Å². The van der Waals surface area contributed by atoms with Gasteiger partial charge in [-0.2, -0.15) is 0 Å². The molecule has 0 aromatic heterocycles. The van der Waals surface area contributed by atoms with Crippen molar-refractivity contribution in [3.8, 4) is 22.6 Å². The summed E-state index contributed by atoms with van der Waals surface area (Å²) in [6.07, 6.45) is -0.517. The van der Waals surface area contributed by atoms with Crippen molar-refractivity contribution in [2.75, 3.05) is 13.7 Å². The van der Waals surface area contributed by atoms with Gasteiger partial charge in [0, 0.05) is 24.1 Å². The van der Waals surface area contributed by atoms with Gasteiger partial charge in [0.1, 0.15) is 18.1 Å². The molecule has 2 N–H and O–H groups in total. The van der Waals surface area contributed by atoms with Crippen LogP contribution in [0.3, 0.4) is 0 Å². The highest BCUT2D eigenvalue weighted by Crippen LogP contribution is 2.44. The van der Waals surface area contributed by atoms with Crippen LogP contribution in [-0.2, 0) is 11.3 Å². The van der Waals surface area contributed by atoms with E-state index in [4.69, 9.17) is 9.47 Å². The molecule has 142 valence electrons. The highest BCUT2D eigenvalue weighted by molar-refractivity contribution is 5.79. The van der Waals surface area contributed by atoms with Crippen molar-refractivity contribution in [2.24, 2.45) is 0 Å². The van der Waals surface area contributed by atoms with E-state index in [-0.39, 0.29) is 24.8 Å². The van der Waals surface area contributed by atoms with E-state index >= 15 is 0 Å². The molecule has 0 spiro atoms. The Morgan fingerprint density at radius 2 is 1.64 bits per heavy atom. The van der Waals surface area contributed by atoms with Crippen molar-refractivity contribution in [2.45, 2.75) is 12.5 Å². The molecule has 28 heavy (non-hydrogen) atoms. The van der Waals surface area contributed by atoms with Gasteiger partial charge >= 0.3 is 6.09 Å². The van der Waals surface area contributed by atoms with Crippen LogP contribution in [0.25, 0.3) is 11.1 Å². The number of benzene rings is 3. The van der Waals surface area contributed by atoms with Gasteiger partial charge in [-0.1, -0.05) is 48.5 Å². The third-order valence-corrected chi connectivity index (χ3v) is 5.06. The first-order chi connectivity index (χ1) is 13.7. The summed E-state index contributed by atoms with van der Waals surface area (Å²) >= 11 is 0. The minimum atomic E-state index is -0.517. The minimum absolute atomic E-state index is 0.0209. The van der Waals surface area contributed by atoms with E-state index in [0.29, 0.717) is 11.3 Å². The van der Waals surface area contributed by atoms with E-state index in [1.165, 1.54) is 35.4 Å². The highest BCUT2D eigenvalue weighted by atomic mass is 16.5. The summed E-state index contributed by atoms with van der Waals surface area (Å²) in [6.45, 7) is 0.432. The van der Waals surface area contributed by atoms with Gasteiger partial charge in [0.05, 0.1) is 7.11 Å². The number of nitrogens with one attached hydrogen (secondary N) is 1. The zero-order chi connectivity index (χ0) is 19.5. The molecular weight excluding hydrogens is 354 g/mol. The Morgan fingerprint density at radius 3 is 2.25 bits per heavy atom. The number of carbonyl (C=O) groups is 1. The standard InChI is InChI=1S/C23H21NO4/c1-27-16-11-10-15(22(25)12-16)13-24-23(26)28-14-21-19-8-4-2-6-17(19)18-7-3-5-9-20(18)21/h2-12,21,25H,13-14H2,1H3,(H,24,26). The topological polar surface area (TPSA) is 67.8 Å². The summed E-state index contributed by atoms with van der Waals surface area (Å²) < 4.78 is 10.5. The Morgan fingerprint density at radius 1 is 1.00 bits per heavy atom. The number of aromatic hydroxyl groups is 1. The average Bonchev–Trinajstić information content (AvgIpc) is 3.05. The number of methoxy groups -OCH3 is 1. The minimum Gasteiger partial charge on any atom is -0.507 e. The van der Waals surface area contributed by atoms with Gasteiger partial charge in [-0.3, -0.25) is 0 Å². The predicted molar refractivity (Wildman–Crippen MR) is 107 cm³/mol. The maximum absolute atomic E-state index is 12.2. The fraction of sp³-hybridized carbons (Fsp3) is 0.174. The number of phenols is 1. The summed E-state index contributed by atoms with van der Waals surface area (Å²) in [7, 11) is 1.53. The SMILES string of the molecule is COc1ccc(CNC(=O)OCC2c3ccccc3-c3ccccc32)c(O)c1. The number of rotatable bonds is 5. The first-order valence-corrected chi connectivity index (χ1v) is 9.12. The first-order valence-electron chi connectivity index (χ1n) is 9.12. The van der Waals surface area contributed by atoms with Gasteiger partial charge in [-0.15, -0.1) is 0 Å². The Balaban J connectivity index is 1.40. The number of fused-ring (bicyclic) bond motifs is 3. The first kappa shape index (κ1) is 17.9. The molecule has 1 aliphatic carbocycles. The van der Waals surface area contributed by atoms with E-state index in [1.807, 2.05) is 24.3 Å². The van der Waals surface area contributed by atoms with E-state index in [9.17, 15) is 9.90 Å². The quantitative estimate of drug-likeness (QED) is 0.692. The third kappa shape index (κ3) is 3.39. The second-order valence-electron chi connectivity index (χ2n) is 6.67. The molecule has 0 aliphatic heterocycles. The number of amides is 1. The highest BCUT2D eigenvalue weighted by Gasteiger charge is 2.28. The number of phenolic OH excluding ortho intramolecular Hbond substituents is 1. The van der Waals surface area contributed by atoms with E-state index in [2.05, 4.69) is 29.6 Å². The summed E-state index contributed by atoms with van der Waals surface area (Å²) in [5.41, 5.74) is 5.31. The largest absolute Gasteiger partial charge is 0.507 e. The molecule has 0 saturated carbocycles. The molecule has 3 aromatic rings. The normalized spacial score (nSPS) is 12.2. The Labute approximate surface area is 163 Å².